The van der Waals surface area contributed by atoms with Gasteiger partial charge in [0.1, 0.15) is 0 Å². The fraction of sp³-hybridized carbons (Fsp3) is 0.500. The van der Waals surface area contributed by atoms with Gasteiger partial charge in [0.15, 0.2) is 5.41 Å². The van der Waals surface area contributed by atoms with Crippen molar-refractivity contribution < 1.29 is 19.4 Å². The first-order valence-electron chi connectivity index (χ1n) is 6.87. The number of esters is 1. The van der Waals surface area contributed by atoms with Gasteiger partial charge < -0.3 is 9.84 Å². The normalized spacial score (nSPS) is 13.8. The third kappa shape index (κ3) is 3.83. The molecule has 0 radical (unpaired) electrons. The number of carbonyl (C=O) groups is 2. The van der Waals surface area contributed by atoms with E-state index in [1.165, 1.54) is 0 Å². The average Bonchev–Trinajstić information content (AvgIpc) is 2.38. The summed E-state index contributed by atoms with van der Waals surface area (Å²) in [5, 5.41) is 9.63. The minimum absolute atomic E-state index is 0.0826. The lowest BCUT2D eigenvalue weighted by molar-refractivity contribution is -0.170. The summed E-state index contributed by atoms with van der Waals surface area (Å²) in [7, 11) is 0. The highest BCUT2D eigenvalue weighted by Gasteiger charge is 2.48. The van der Waals surface area contributed by atoms with Crippen LogP contribution in [0, 0.1) is 11.3 Å². The third-order valence-corrected chi connectivity index (χ3v) is 3.18. The van der Waals surface area contributed by atoms with Gasteiger partial charge in [0.2, 0.25) is 0 Å². The fourth-order valence-corrected chi connectivity index (χ4v) is 2.39. The van der Waals surface area contributed by atoms with Crippen LogP contribution in [0.25, 0.3) is 0 Å². The minimum Gasteiger partial charge on any atom is -0.480 e. The van der Waals surface area contributed by atoms with E-state index in [2.05, 4.69) is 0 Å². The van der Waals surface area contributed by atoms with Crippen molar-refractivity contribution in [1.29, 1.82) is 0 Å². The largest absolute Gasteiger partial charge is 0.480 e. The number of carbonyl (C=O) groups excluding carboxylic acids is 1. The third-order valence-electron chi connectivity index (χ3n) is 3.18. The molecule has 1 N–H and O–H groups in total. The van der Waals surface area contributed by atoms with E-state index in [1.54, 1.807) is 6.92 Å². The molecule has 20 heavy (non-hydrogen) atoms. The average molecular weight is 278 g/mol. The molecule has 0 aliphatic heterocycles. The number of ether oxygens (including phenoxy) is 1. The van der Waals surface area contributed by atoms with E-state index in [0.717, 1.165) is 5.56 Å². The molecule has 0 aromatic heterocycles. The van der Waals surface area contributed by atoms with Gasteiger partial charge in [-0.1, -0.05) is 44.2 Å². The maximum Gasteiger partial charge on any atom is 0.323 e. The Morgan fingerprint density at radius 1 is 1.25 bits per heavy atom. The fourth-order valence-electron chi connectivity index (χ4n) is 2.39. The molecular formula is C16H22O4. The van der Waals surface area contributed by atoms with Crippen molar-refractivity contribution in [3.05, 3.63) is 35.9 Å². The molecule has 1 aromatic carbocycles. The molecule has 1 rings (SSSR count). The van der Waals surface area contributed by atoms with Crippen molar-refractivity contribution in [2.45, 2.75) is 33.6 Å². The van der Waals surface area contributed by atoms with Crippen LogP contribution in [0.15, 0.2) is 30.3 Å². The molecule has 0 aliphatic carbocycles. The summed E-state index contributed by atoms with van der Waals surface area (Å²) in [6.45, 7) is 5.67. The summed E-state index contributed by atoms with van der Waals surface area (Å²) in [6.07, 6.45) is 0.413. The van der Waals surface area contributed by atoms with Crippen LogP contribution in [-0.2, 0) is 20.7 Å². The predicted octanol–water partition coefficient (Wildman–Crippen LogP) is 2.91. The lowest BCUT2D eigenvalue weighted by Gasteiger charge is -2.28. The maximum absolute atomic E-state index is 12.2. The van der Waals surface area contributed by atoms with E-state index in [9.17, 15) is 14.7 Å². The Bertz CT molecular complexity index is 453. The number of carboxylic acid groups (broad SMARTS) is 1. The highest BCUT2D eigenvalue weighted by molar-refractivity contribution is 5.99. The first kappa shape index (κ1) is 16.2. The molecule has 1 atom stereocenters. The molecule has 0 heterocycles. The molecule has 110 valence electrons. The standard InChI is InChI=1S/C16H22O4/c1-4-20-15(19)16(14(17)18,10-12(2)3)11-13-8-6-5-7-9-13/h5-9,12H,4,10-11H2,1-3H3,(H,17,18). The van der Waals surface area contributed by atoms with Gasteiger partial charge in [-0.2, -0.15) is 0 Å². The summed E-state index contributed by atoms with van der Waals surface area (Å²) in [5.41, 5.74) is -0.686. The monoisotopic (exact) mass is 278 g/mol. The molecule has 4 heteroatoms. The summed E-state index contributed by atoms with van der Waals surface area (Å²) in [6, 6.07) is 9.19. The zero-order chi connectivity index (χ0) is 15.2. The Morgan fingerprint density at radius 2 is 1.85 bits per heavy atom. The number of hydrogen-bond donors (Lipinski definition) is 1. The molecule has 0 saturated carbocycles. The number of carboxylic acids is 1. The Labute approximate surface area is 119 Å². The lowest BCUT2D eigenvalue weighted by atomic mass is 9.75. The van der Waals surface area contributed by atoms with Crippen LogP contribution >= 0.6 is 0 Å². The molecule has 0 aliphatic rings. The molecule has 1 unspecified atom stereocenters. The summed E-state index contributed by atoms with van der Waals surface area (Å²) in [5.74, 6) is -1.68. The zero-order valence-corrected chi connectivity index (χ0v) is 12.3. The topological polar surface area (TPSA) is 63.6 Å². The van der Waals surface area contributed by atoms with Gasteiger partial charge in [0.05, 0.1) is 6.61 Å². The van der Waals surface area contributed by atoms with E-state index < -0.39 is 17.4 Å². The zero-order valence-electron chi connectivity index (χ0n) is 12.3. The minimum atomic E-state index is -1.51. The van der Waals surface area contributed by atoms with Crippen LogP contribution in [0.1, 0.15) is 32.8 Å². The van der Waals surface area contributed by atoms with Gasteiger partial charge in [0.25, 0.3) is 0 Å². The van der Waals surface area contributed by atoms with Crippen LogP contribution in [0.3, 0.4) is 0 Å². The second-order valence-electron chi connectivity index (χ2n) is 5.37. The van der Waals surface area contributed by atoms with Crippen LogP contribution in [0.5, 0.6) is 0 Å². The maximum atomic E-state index is 12.2. The molecule has 0 amide bonds. The van der Waals surface area contributed by atoms with Crippen molar-refractivity contribution in [1.82, 2.24) is 0 Å². The van der Waals surface area contributed by atoms with Crippen molar-refractivity contribution in [3.8, 4) is 0 Å². The molecule has 0 bridgehead atoms. The van der Waals surface area contributed by atoms with Gasteiger partial charge >= 0.3 is 11.9 Å². The van der Waals surface area contributed by atoms with Crippen molar-refractivity contribution in [2.75, 3.05) is 6.61 Å². The second kappa shape index (κ2) is 7.08. The van der Waals surface area contributed by atoms with Crippen LogP contribution in [0.4, 0.5) is 0 Å². The van der Waals surface area contributed by atoms with E-state index in [1.807, 2.05) is 44.2 Å². The number of rotatable bonds is 7. The smallest absolute Gasteiger partial charge is 0.323 e. The molecule has 0 spiro atoms. The van der Waals surface area contributed by atoms with Gasteiger partial charge in [-0.25, -0.2) is 0 Å². The number of benzene rings is 1. The van der Waals surface area contributed by atoms with E-state index in [4.69, 9.17) is 4.74 Å². The Kier molecular flexibility index (Phi) is 5.74. The number of aliphatic carboxylic acids is 1. The van der Waals surface area contributed by atoms with E-state index in [-0.39, 0.29) is 25.4 Å². The summed E-state index contributed by atoms with van der Waals surface area (Å²) < 4.78 is 5.02. The highest BCUT2D eigenvalue weighted by Crippen LogP contribution is 2.33. The Hall–Kier alpha value is -1.84. The van der Waals surface area contributed by atoms with E-state index >= 15 is 0 Å². The molecule has 0 fully saturated rings. The van der Waals surface area contributed by atoms with Crippen molar-refractivity contribution >= 4 is 11.9 Å². The van der Waals surface area contributed by atoms with E-state index in [0.29, 0.717) is 0 Å². The Balaban J connectivity index is 3.15. The molecule has 4 nitrogen and oxygen atoms in total. The molecular weight excluding hydrogens is 256 g/mol. The first-order chi connectivity index (χ1) is 9.42. The van der Waals surface area contributed by atoms with Crippen LogP contribution in [-0.4, -0.2) is 23.7 Å². The highest BCUT2D eigenvalue weighted by atomic mass is 16.5. The summed E-state index contributed by atoms with van der Waals surface area (Å²) in [4.78, 5) is 24.0. The Morgan fingerprint density at radius 3 is 2.30 bits per heavy atom. The van der Waals surface area contributed by atoms with Gasteiger partial charge in [-0.3, -0.25) is 9.59 Å². The number of hydrogen-bond acceptors (Lipinski definition) is 3. The van der Waals surface area contributed by atoms with Crippen LogP contribution in [0.2, 0.25) is 0 Å². The van der Waals surface area contributed by atoms with Crippen molar-refractivity contribution in [3.63, 3.8) is 0 Å². The molecule has 1 aromatic rings. The molecule has 0 saturated heterocycles. The predicted molar refractivity (Wildman–Crippen MR) is 76.3 cm³/mol. The quantitative estimate of drug-likeness (QED) is 0.615. The second-order valence-corrected chi connectivity index (χ2v) is 5.37. The lowest BCUT2D eigenvalue weighted by Crippen LogP contribution is -2.43. The van der Waals surface area contributed by atoms with Gasteiger partial charge in [0, 0.05) is 0 Å². The summed E-state index contributed by atoms with van der Waals surface area (Å²) >= 11 is 0. The van der Waals surface area contributed by atoms with Crippen LogP contribution < -0.4 is 0 Å². The SMILES string of the molecule is CCOC(=O)C(Cc1ccccc1)(CC(C)C)C(=O)O. The van der Waals surface area contributed by atoms with Crippen molar-refractivity contribution in [2.24, 2.45) is 11.3 Å². The van der Waals surface area contributed by atoms with Gasteiger partial charge in [-0.05, 0) is 31.2 Å². The first-order valence-corrected chi connectivity index (χ1v) is 6.87. The van der Waals surface area contributed by atoms with Gasteiger partial charge in [-0.15, -0.1) is 0 Å².